The molecule has 1 saturated heterocycles. The molecule has 7 heteroatoms. The van der Waals surface area contributed by atoms with Gasteiger partial charge in [-0.2, -0.15) is 0 Å². The molecule has 7 nitrogen and oxygen atoms in total. The predicted octanol–water partition coefficient (Wildman–Crippen LogP) is 1.18. The van der Waals surface area contributed by atoms with Gasteiger partial charge in [0.15, 0.2) is 0 Å². The molecule has 4 rings (SSSR count). The van der Waals surface area contributed by atoms with Crippen molar-refractivity contribution in [2.45, 2.75) is 31.0 Å². The zero-order valence-corrected chi connectivity index (χ0v) is 14.0. The largest absolute Gasteiger partial charge is 0.496 e. The second-order valence-corrected chi connectivity index (χ2v) is 6.83. The molecule has 2 heterocycles. The Morgan fingerprint density at radius 1 is 1.52 bits per heavy atom. The summed E-state index contributed by atoms with van der Waals surface area (Å²) >= 11 is 0. The first-order valence-electron chi connectivity index (χ1n) is 8.37. The molecule has 2 aromatic rings. The summed E-state index contributed by atoms with van der Waals surface area (Å²) in [5.41, 5.74) is 5.57. The second kappa shape index (κ2) is 5.86. The van der Waals surface area contributed by atoms with Gasteiger partial charge in [-0.05, 0) is 48.8 Å². The van der Waals surface area contributed by atoms with Crippen molar-refractivity contribution in [3.8, 4) is 11.6 Å². The van der Waals surface area contributed by atoms with Crippen LogP contribution in [0.4, 0.5) is 0 Å². The number of amides is 1. The summed E-state index contributed by atoms with van der Waals surface area (Å²) in [6.45, 7) is 0.445. The monoisotopic (exact) mass is 343 g/mol. The predicted molar refractivity (Wildman–Crippen MR) is 91.5 cm³/mol. The van der Waals surface area contributed by atoms with Crippen molar-refractivity contribution in [2.75, 3.05) is 13.7 Å². The van der Waals surface area contributed by atoms with Crippen LogP contribution in [0.1, 0.15) is 29.6 Å². The molecule has 0 spiro atoms. The summed E-state index contributed by atoms with van der Waals surface area (Å²) in [6, 6.07) is 5.22. The number of nitrogens with zero attached hydrogens (tertiary/aromatic N) is 1. The molecule has 0 bridgehead atoms. The van der Waals surface area contributed by atoms with Crippen LogP contribution in [0, 0.1) is 5.92 Å². The number of rotatable bonds is 5. The summed E-state index contributed by atoms with van der Waals surface area (Å²) in [5, 5.41) is 14.7. The molecule has 1 aliphatic carbocycles. The van der Waals surface area contributed by atoms with E-state index in [-0.39, 0.29) is 5.54 Å². The van der Waals surface area contributed by atoms with E-state index in [1.807, 2.05) is 0 Å². The lowest BCUT2D eigenvalue weighted by atomic mass is 9.68. The highest BCUT2D eigenvalue weighted by atomic mass is 16.5. The van der Waals surface area contributed by atoms with Crippen molar-refractivity contribution >= 4 is 16.7 Å². The van der Waals surface area contributed by atoms with Crippen LogP contribution in [0.25, 0.3) is 10.8 Å². The Bertz CT molecular complexity index is 840. The number of aliphatic hydroxyl groups excluding tert-OH is 1. The van der Waals surface area contributed by atoms with Crippen LogP contribution in [-0.2, 0) is 0 Å². The Hall–Kier alpha value is -2.38. The number of methoxy groups -OCH3 is 1. The molecule has 3 atom stereocenters. The Labute approximate surface area is 145 Å². The van der Waals surface area contributed by atoms with Crippen molar-refractivity contribution in [2.24, 2.45) is 11.7 Å². The van der Waals surface area contributed by atoms with Gasteiger partial charge in [0, 0.05) is 11.6 Å². The van der Waals surface area contributed by atoms with E-state index in [0.717, 1.165) is 30.0 Å². The van der Waals surface area contributed by atoms with E-state index in [4.69, 9.17) is 15.2 Å². The Kier molecular flexibility index (Phi) is 3.77. The first kappa shape index (κ1) is 16.1. The summed E-state index contributed by atoms with van der Waals surface area (Å²) < 4.78 is 11.3. The van der Waals surface area contributed by atoms with E-state index in [9.17, 15) is 9.90 Å². The summed E-state index contributed by atoms with van der Waals surface area (Å²) in [7, 11) is 1.49. The van der Waals surface area contributed by atoms with Gasteiger partial charge in [-0.15, -0.1) is 0 Å². The van der Waals surface area contributed by atoms with Crippen LogP contribution in [0.2, 0.25) is 0 Å². The lowest BCUT2D eigenvalue weighted by Gasteiger charge is -2.44. The number of ether oxygens (including phenoxy) is 2. The quantitative estimate of drug-likeness (QED) is 0.753. The smallest absolute Gasteiger partial charge is 0.252 e. The van der Waals surface area contributed by atoms with E-state index >= 15 is 0 Å². The van der Waals surface area contributed by atoms with E-state index in [2.05, 4.69) is 10.3 Å². The van der Waals surface area contributed by atoms with Crippen LogP contribution >= 0.6 is 0 Å². The third-order valence-corrected chi connectivity index (χ3v) is 5.46. The Balaban J connectivity index is 1.65. The number of hydrogen-bond acceptors (Lipinski definition) is 6. The molecule has 0 radical (unpaired) electrons. The number of fused-ring (bicyclic) bond motifs is 2. The average Bonchev–Trinajstić information content (AvgIpc) is 2.82. The number of aliphatic hydroxyl groups is 1. The van der Waals surface area contributed by atoms with Crippen LogP contribution in [-0.4, -0.2) is 41.5 Å². The number of primary amides is 1. The van der Waals surface area contributed by atoms with Crippen molar-refractivity contribution in [1.29, 1.82) is 0 Å². The molecule has 1 aromatic heterocycles. The van der Waals surface area contributed by atoms with E-state index in [0.29, 0.717) is 29.7 Å². The minimum Gasteiger partial charge on any atom is -0.496 e. The van der Waals surface area contributed by atoms with Crippen molar-refractivity contribution in [3.63, 3.8) is 0 Å². The number of carbonyl (C=O) groups excluding carboxylic acids is 1. The number of benzene rings is 1. The summed E-state index contributed by atoms with van der Waals surface area (Å²) in [6.07, 6.45) is 4.03. The van der Waals surface area contributed by atoms with Gasteiger partial charge in [0.25, 0.3) is 5.91 Å². The number of pyridine rings is 1. The molecule has 132 valence electrons. The third-order valence-electron chi connectivity index (χ3n) is 5.46. The number of aromatic nitrogens is 1. The van der Waals surface area contributed by atoms with Gasteiger partial charge in [-0.3, -0.25) is 10.1 Å². The fraction of sp³-hybridized carbons (Fsp3) is 0.444. The first-order chi connectivity index (χ1) is 12.0. The van der Waals surface area contributed by atoms with E-state index < -0.39 is 12.1 Å². The lowest BCUT2D eigenvalue weighted by molar-refractivity contribution is 0.0593. The standard InChI is InChI=1S/C18H21N3O4/c1-24-14-8-12-10(6-13(14)16(19)23)3-5-20-17(12)25-9-18-4-2-11(18)7-15(22)21-18/h3,5-6,8,11,15,21-22H,2,4,7,9H2,1H3,(H2,19,23)/t11-,15?,18+/m0/s1. The summed E-state index contributed by atoms with van der Waals surface area (Å²) in [5.74, 6) is 0.772. The molecule has 4 N–H and O–H groups in total. The van der Waals surface area contributed by atoms with E-state index in [1.54, 1.807) is 24.4 Å². The molecular formula is C18H21N3O4. The normalized spacial score (nSPS) is 27.6. The van der Waals surface area contributed by atoms with Gasteiger partial charge in [-0.25, -0.2) is 4.98 Å². The van der Waals surface area contributed by atoms with Crippen molar-refractivity contribution in [3.05, 3.63) is 30.0 Å². The van der Waals surface area contributed by atoms with Gasteiger partial charge in [0.2, 0.25) is 5.88 Å². The molecule has 1 unspecified atom stereocenters. The average molecular weight is 343 g/mol. The SMILES string of the molecule is COc1cc2c(OC[C@]34CC[C@H]3CC(O)N4)nccc2cc1C(N)=O. The molecule has 1 saturated carbocycles. The maximum absolute atomic E-state index is 11.6. The minimum absolute atomic E-state index is 0.166. The maximum Gasteiger partial charge on any atom is 0.252 e. The number of nitrogens with one attached hydrogen (secondary N) is 1. The zero-order valence-electron chi connectivity index (χ0n) is 14.0. The number of carbonyl (C=O) groups is 1. The van der Waals surface area contributed by atoms with Crippen molar-refractivity contribution in [1.82, 2.24) is 10.3 Å². The molecule has 1 aliphatic heterocycles. The van der Waals surface area contributed by atoms with Gasteiger partial charge < -0.3 is 20.3 Å². The highest BCUT2D eigenvalue weighted by molar-refractivity contribution is 6.01. The minimum atomic E-state index is -0.543. The summed E-state index contributed by atoms with van der Waals surface area (Å²) in [4.78, 5) is 15.9. The van der Waals surface area contributed by atoms with Crippen LogP contribution in [0.3, 0.4) is 0 Å². The molecule has 25 heavy (non-hydrogen) atoms. The van der Waals surface area contributed by atoms with Crippen LogP contribution in [0.15, 0.2) is 24.4 Å². The molecule has 2 aliphatic rings. The molecule has 1 aromatic carbocycles. The Morgan fingerprint density at radius 3 is 3.00 bits per heavy atom. The lowest BCUT2D eigenvalue weighted by Crippen LogP contribution is -2.57. The highest BCUT2D eigenvalue weighted by Crippen LogP contribution is 2.46. The zero-order chi connectivity index (χ0) is 17.6. The molecule has 2 fully saturated rings. The van der Waals surface area contributed by atoms with Crippen LogP contribution < -0.4 is 20.5 Å². The Morgan fingerprint density at radius 2 is 2.36 bits per heavy atom. The third kappa shape index (κ3) is 2.60. The van der Waals surface area contributed by atoms with E-state index in [1.165, 1.54) is 7.11 Å². The second-order valence-electron chi connectivity index (χ2n) is 6.83. The van der Waals surface area contributed by atoms with Gasteiger partial charge in [0.05, 0.1) is 18.2 Å². The first-order valence-corrected chi connectivity index (χ1v) is 8.37. The molecular weight excluding hydrogens is 322 g/mol. The van der Waals surface area contributed by atoms with Gasteiger partial charge >= 0.3 is 0 Å². The highest BCUT2D eigenvalue weighted by Gasteiger charge is 2.53. The fourth-order valence-electron chi connectivity index (χ4n) is 3.97. The topological polar surface area (TPSA) is 107 Å². The maximum atomic E-state index is 11.6. The van der Waals surface area contributed by atoms with Crippen molar-refractivity contribution < 1.29 is 19.4 Å². The van der Waals surface area contributed by atoms with Gasteiger partial charge in [0.1, 0.15) is 18.6 Å². The molecule has 1 amide bonds. The van der Waals surface area contributed by atoms with Crippen LogP contribution in [0.5, 0.6) is 11.6 Å². The fourth-order valence-corrected chi connectivity index (χ4v) is 3.97. The van der Waals surface area contributed by atoms with Gasteiger partial charge in [-0.1, -0.05) is 0 Å². The number of nitrogens with two attached hydrogens (primary N) is 1. The number of hydrogen-bond donors (Lipinski definition) is 3.